The lowest BCUT2D eigenvalue weighted by atomic mass is 9.95. The average Bonchev–Trinajstić information content (AvgIpc) is 0.853. The number of carboxylic acid groups (broad SMARTS) is 2. The SMILES string of the molecule is C(=NC1CCCCC1)=NC1CCCCC1.CC.CC(C)[C@@H](C(=O)O)N(C)C.CC(C)[C@@H](C(=O)OC(=NC1CCCCC1)NC1CCCCC1)N(C)C.CC(C)[C@@H](C(=O)Oc1c(F)c(F)c(F)c(F)c1F)N(C)C.CC(C)[C@H](N)C(=O)O.Oc1c(F)c(F)c(F)c(F)c1F. The first kappa shape index (κ1) is 87.1. The Bertz CT molecular complexity index is 2480. The van der Waals surface area contributed by atoms with Crippen LogP contribution in [0.15, 0.2) is 15.0 Å². The standard InChI is InChI=1S/C20H37N3O2.C13H14F5NO2.C13H22N2.C7H15NO2.C6HF5O.C5H11NO2.C2H6/c1-15(2)18(23(3)4)19(24)25-20(21-16-11-7-5-8-12-16)22-17-13-9-6-10-14-17;1-5(2)11(19(3)4)13(20)21-12-9(17)7(15)6(14)8(16)10(12)18;1-3-7-12(8-4-1)14-11-15-13-9-5-2-6-10-13;1-5(2)6(7(9)10)8(3)4;7-1-2(8)4(10)6(12)5(11)3(1)9;1-3(2)4(6)5(7)8;1-2/h15-18H,5-14H2,1-4H3,(H,21,22);5,11H,1-4H3;12-13H,1-10H2;5-6H,1-4H3,(H,9,10);12H;3-4H,6H2,1-2H3,(H,7,8);1-2H3/t18-;11-;;6-;;4-;/m00.0.0./s1. The molecule has 4 atom stereocenters. The summed E-state index contributed by atoms with van der Waals surface area (Å²) < 4.78 is 137. The van der Waals surface area contributed by atoms with Crippen LogP contribution >= 0.6 is 0 Å². The number of phenols is 1. The van der Waals surface area contributed by atoms with Gasteiger partial charge >= 0.3 is 23.9 Å². The Morgan fingerprint density at radius 1 is 0.462 bits per heavy atom. The third kappa shape index (κ3) is 31.0. The van der Waals surface area contributed by atoms with E-state index < -0.39 is 99.7 Å². The summed E-state index contributed by atoms with van der Waals surface area (Å²) in [5, 5.41) is 28.7. The number of amidine groups is 1. The molecule has 534 valence electrons. The lowest BCUT2D eigenvalue weighted by Crippen LogP contribution is -2.46. The zero-order valence-corrected chi connectivity index (χ0v) is 57.4. The van der Waals surface area contributed by atoms with E-state index in [1.807, 2.05) is 46.7 Å². The number of rotatable bonds is 16. The smallest absolute Gasteiger partial charge is 0.331 e. The third-order valence-corrected chi connectivity index (χ3v) is 15.5. The zero-order chi connectivity index (χ0) is 71.6. The molecule has 0 spiro atoms. The van der Waals surface area contributed by atoms with E-state index in [0.29, 0.717) is 30.2 Å². The molecule has 6 rings (SSSR count). The summed E-state index contributed by atoms with van der Waals surface area (Å²) in [7, 11) is 10.4. The molecule has 0 amide bonds. The molecule has 4 fully saturated rings. The largest absolute Gasteiger partial charge is 0.503 e. The molecule has 93 heavy (non-hydrogen) atoms. The van der Waals surface area contributed by atoms with Crippen molar-refractivity contribution >= 4 is 35.9 Å². The molecule has 0 aliphatic heterocycles. The zero-order valence-electron chi connectivity index (χ0n) is 57.4. The van der Waals surface area contributed by atoms with Crippen molar-refractivity contribution in [2.24, 2.45) is 44.4 Å². The van der Waals surface area contributed by atoms with Gasteiger partial charge in [-0.3, -0.25) is 24.3 Å². The number of phenolic OH excluding ortho intramolecular Hbond substituents is 1. The number of aliphatic imine (C=N–C) groups is 3. The van der Waals surface area contributed by atoms with Crippen LogP contribution in [-0.4, -0.2) is 157 Å². The fourth-order valence-electron chi connectivity index (χ4n) is 10.6. The number of carbonyl (C=O) groups excluding carboxylic acids is 2. The number of carboxylic acids is 2. The topological polar surface area (TPSA) is 232 Å². The van der Waals surface area contributed by atoms with E-state index in [9.17, 15) is 63.1 Å². The molecule has 2 aromatic rings. The van der Waals surface area contributed by atoms with Crippen LogP contribution in [0.2, 0.25) is 0 Å². The molecule has 4 aliphatic rings. The van der Waals surface area contributed by atoms with Gasteiger partial charge < -0.3 is 35.8 Å². The average molecular weight is 1350 g/mol. The highest BCUT2D eigenvalue weighted by Crippen LogP contribution is 2.31. The Kier molecular flexibility index (Phi) is 42.6. The lowest BCUT2D eigenvalue weighted by molar-refractivity contribution is -0.144. The summed E-state index contributed by atoms with van der Waals surface area (Å²) in [6, 6.07) is 2.97. The molecule has 0 radical (unpaired) electrons. The van der Waals surface area contributed by atoms with E-state index in [-0.39, 0.29) is 41.7 Å². The first-order valence-electron chi connectivity index (χ1n) is 32.3. The van der Waals surface area contributed by atoms with Crippen molar-refractivity contribution in [3.05, 3.63) is 58.2 Å². The number of benzene rings is 2. The Hall–Kier alpha value is -5.89. The number of nitrogens with zero attached hydrogens (tertiary/aromatic N) is 6. The quantitative estimate of drug-likeness (QED) is 0.0200. The van der Waals surface area contributed by atoms with Crippen LogP contribution in [0.3, 0.4) is 0 Å². The molecule has 0 aromatic heterocycles. The van der Waals surface area contributed by atoms with Crippen LogP contribution in [0.25, 0.3) is 0 Å². The normalized spacial score (nSPS) is 17.0. The summed E-state index contributed by atoms with van der Waals surface area (Å²) in [4.78, 5) is 64.0. The molecule has 6 N–H and O–H groups in total. The first-order chi connectivity index (χ1) is 43.5. The number of ether oxygens (including phenoxy) is 2. The predicted octanol–water partition coefficient (Wildman–Crippen LogP) is 14.3. The van der Waals surface area contributed by atoms with Crippen molar-refractivity contribution in [3.8, 4) is 11.5 Å². The van der Waals surface area contributed by atoms with Crippen LogP contribution in [-0.2, 0) is 23.9 Å². The Balaban J connectivity index is 0.00000113. The second-order valence-corrected chi connectivity index (χ2v) is 25.2. The van der Waals surface area contributed by atoms with Crippen molar-refractivity contribution in [1.29, 1.82) is 0 Å². The molecule has 4 aliphatic carbocycles. The minimum Gasteiger partial charge on any atom is -0.503 e. The summed E-state index contributed by atoms with van der Waals surface area (Å²) in [6.45, 7) is 18.8. The molecule has 4 saturated carbocycles. The number of hydrogen-bond acceptors (Lipinski definition) is 14. The van der Waals surface area contributed by atoms with Gasteiger partial charge in [-0.2, -0.15) is 17.6 Å². The number of likely N-dealkylation sites (N-methyl/N-ethyl adjacent to an activating group) is 3. The van der Waals surface area contributed by atoms with Crippen molar-refractivity contribution in [1.82, 2.24) is 20.0 Å². The van der Waals surface area contributed by atoms with E-state index in [0.717, 1.165) is 25.7 Å². The molecule has 2 aromatic carbocycles. The first-order valence-corrected chi connectivity index (χ1v) is 32.3. The summed E-state index contributed by atoms with van der Waals surface area (Å²) >= 11 is 0. The summed E-state index contributed by atoms with van der Waals surface area (Å²) in [5.41, 5.74) is 5.16. The van der Waals surface area contributed by atoms with Crippen LogP contribution in [0.1, 0.15) is 198 Å². The molecular formula is C66H106F10N8O9. The second kappa shape index (κ2) is 45.5. The van der Waals surface area contributed by atoms with Crippen molar-refractivity contribution in [2.45, 2.75) is 246 Å². The minimum atomic E-state index is -2.31. The number of nitrogens with two attached hydrogens (primary N) is 1. The van der Waals surface area contributed by atoms with E-state index in [1.165, 1.54) is 122 Å². The van der Waals surface area contributed by atoms with Gasteiger partial charge in [-0.05, 0) is 117 Å². The van der Waals surface area contributed by atoms with Gasteiger partial charge in [0.15, 0.2) is 5.75 Å². The number of halogens is 10. The highest BCUT2D eigenvalue weighted by molar-refractivity contribution is 5.90. The number of aliphatic carboxylic acids is 2. The van der Waals surface area contributed by atoms with Crippen LogP contribution in [0.4, 0.5) is 43.9 Å². The van der Waals surface area contributed by atoms with E-state index in [4.69, 9.17) is 30.8 Å². The summed E-state index contributed by atoms with van der Waals surface area (Å²) in [5.74, 6) is -28.4. The van der Waals surface area contributed by atoms with Gasteiger partial charge in [-0.1, -0.05) is 146 Å². The highest BCUT2D eigenvalue weighted by atomic mass is 19.2. The fourth-order valence-corrected chi connectivity index (χ4v) is 10.6. The van der Waals surface area contributed by atoms with Gasteiger partial charge in [0.25, 0.3) is 6.02 Å². The molecular weight excluding hydrogens is 1240 g/mol. The highest BCUT2D eigenvalue weighted by Gasteiger charge is 2.34. The molecule has 27 heteroatoms. The number of hydrogen-bond donors (Lipinski definition) is 5. The number of carbonyl (C=O) groups is 4. The van der Waals surface area contributed by atoms with Crippen molar-refractivity contribution in [3.63, 3.8) is 0 Å². The fraction of sp³-hybridized carbons (Fsp3) is 0.727. The Morgan fingerprint density at radius 3 is 1.06 bits per heavy atom. The molecule has 17 nitrogen and oxygen atoms in total. The van der Waals surface area contributed by atoms with E-state index in [1.54, 1.807) is 46.7 Å². The van der Waals surface area contributed by atoms with Crippen LogP contribution in [0.5, 0.6) is 11.5 Å². The molecule has 0 heterocycles. The Morgan fingerprint density at radius 2 is 0.774 bits per heavy atom. The maximum Gasteiger partial charge on any atom is 0.331 e. The van der Waals surface area contributed by atoms with Gasteiger partial charge in [0.1, 0.15) is 24.2 Å². The van der Waals surface area contributed by atoms with Crippen LogP contribution in [0, 0.1) is 81.8 Å². The van der Waals surface area contributed by atoms with E-state index in [2.05, 4.69) is 39.9 Å². The second-order valence-electron chi connectivity index (χ2n) is 25.2. The molecule has 0 saturated heterocycles. The summed E-state index contributed by atoms with van der Waals surface area (Å²) in [6.07, 6.45) is 25.2. The third-order valence-electron chi connectivity index (χ3n) is 15.5. The number of nitrogens with one attached hydrogen (secondary N) is 1. The van der Waals surface area contributed by atoms with Gasteiger partial charge in [-0.25, -0.2) is 50.9 Å². The van der Waals surface area contributed by atoms with E-state index >= 15 is 0 Å². The molecule has 0 unspecified atom stereocenters. The van der Waals surface area contributed by atoms with Crippen molar-refractivity contribution < 1.29 is 87.9 Å². The van der Waals surface area contributed by atoms with Crippen molar-refractivity contribution in [2.75, 3.05) is 42.3 Å². The maximum atomic E-state index is 13.4. The minimum absolute atomic E-state index is 0.0208. The number of esters is 2. The molecule has 0 bridgehead atoms. The lowest BCUT2D eigenvalue weighted by Gasteiger charge is -2.28. The predicted molar refractivity (Wildman–Crippen MR) is 340 cm³/mol. The monoisotopic (exact) mass is 1340 g/mol. The van der Waals surface area contributed by atoms with Gasteiger partial charge in [0.05, 0.1) is 24.1 Å². The maximum absolute atomic E-state index is 13.4. The number of aromatic hydroxyl groups is 1. The van der Waals surface area contributed by atoms with Crippen LogP contribution < -0.4 is 15.8 Å². The van der Waals surface area contributed by atoms with Gasteiger partial charge in [0.2, 0.25) is 63.9 Å². The Labute approximate surface area is 544 Å². The van der Waals surface area contributed by atoms with Gasteiger partial charge in [-0.15, -0.1) is 0 Å². The van der Waals surface area contributed by atoms with Gasteiger partial charge in [0, 0.05) is 6.04 Å².